The summed E-state index contributed by atoms with van der Waals surface area (Å²) in [7, 11) is 0. The fourth-order valence-electron chi connectivity index (χ4n) is 2.85. The second kappa shape index (κ2) is 8.82. The number of rotatable bonds is 5. The van der Waals surface area contributed by atoms with E-state index in [1.54, 1.807) is 18.2 Å². The summed E-state index contributed by atoms with van der Waals surface area (Å²) in [5, 5.41) is 3.28. The molecule has 1 N–H and O–H groups in total. The summed E-state index contributed by atoms with van der Waals surface area (Å²) in [6.45, 7) is 4.44. The SMILES string of the molecule is CC(C)CCC(=O)Nc1cc(Cl)ccc1N1CCN(C(=O)C(F)(F)F)CC1. The molecule has 1 aromatic carbocycles. The van der Waals surface area contributed by atoms with E-state index in [1.165, 1.54) is 0 Å². The van der Waals surface area contributed by atoms with Gasteiger partial charge in [0.25, 0.3) is 0 Å². The van der Waals surface area contributed by atoms with Crippen LogP contribution in [0.5, 0.6) is 0 Å². The molecular formula is C18H23ClF3N3O2. The van der Waals surface area contributed by atoms with E-state index in [1.807, 2.05) is 18.7 Å². The molecule has 0 unspecified atom stereocenters. The minimum atomic E-state index is -4.86. The Labute approximate surface area is 161 Å². The third kappa shape index (κ3) is 6.02. The smallest absolute Gasteiger partial charge is 0.366 e. The second-order valence-electron chi connectivity index (χ2n) is 6.92. The van der Waals surface area contributed by atoms with Crippen LogP contribution in [0.15, 0.2) is 18.2 Å². The van der Waals surface area contributed by atoms with Gasteiger partial charge in [-0.15, -0.1) is 0 Å². The van der Waals surface area contributed by atoms with Crippen LogP contribution in [0.1, 0.15) is 26.7 Å². The van der Waals surface area contributed by atoms with E-state index in [9.17, 15) is 22.8 Å². The van der Waals surface area contributed by atoms with Crippen LogP contribution in [0.4, 0.5) is 24.5 Å². The quantitative estimate of drug-likeness (QED) is 0.807. The van der Waals surface area contributed by atoms with Crippen LogP contribution in [0.2, 0.25) is 5.02 Å². The first-order valence-electron chi connectivity index (χ1n) is 8.78. The number of halogens is 4. The Hall–Kier alpha value is -1.96. The van der Waals surface area contributed by atoms with Crippen LogP contribution in [-0.4, -0.2) is 49.1 Å². The van der Waals surface area contributed by atoms with E-state index < -0.39 is 12.1 Å². The molecule has 1 aliphatic rings. The number of anilines is 2. The third-order valence-electron chi connectivity index (χ3n) is 4.33. The van der Waals surface area contributed by atoms with Crippen LogP contribution >= 0.6 is 11.6 Å². The van der Waals surface area contributed by atoms with E-state index in [-0.39, 0.29) is 32.1 Å². The number of alkyl halides is 3. The largest absolute Gasteiger partial charge is 0.471 e. The van der Waals surface area contributed by atoms with E-state index in [2.05, 4.69) is 5.32 Å². The first-order valence-corrected chi connectivity index (χ1v) is 9.16. The van der Waals surface area contributed by atoms with Gasteiger partial charge in [0.05, 0.1) is 11.4 Å². The average molecular weight is 406 g/mol. The van der Waals surface area contributed by atoms with E-state index in [0.29, 0.717) is 28.7 Å². The Balaban J connectivity index is 2.06. The summed E-state index contributed by atoms with van der Waals surface area (Å²) in [5.41, 5.74) is 1.20. The van der Waals surface area contributed by atoms with Gasteiger partial charge >= 0.3 is 12.1 Å². The van der Waals surface area contributed by atoms with Gasteiger partial charge in [0.1, 0.15) is 0 Å². The van der Waals surface area contributed by atoms with Crippen molar-refractivity contribution in [1.82, 2.24) is 4.90 Å². The Bertz CT molecular complexity index is 687. The van der Waals surface area contributed by atoms with E-state index >= 15 is 0 Å². The lowest BCUT2D eigenvalue weighted by Crippen LogP contribution is -2.52. The Morgan fingerprint density at radius 2 is 1.81 bits per heavy atom. The van der Waals surface area contributed by atoms with Crippen molar-refractivity contribution in [3.05, 3.63) is 23.2 Å². The van der Waals surface area contributed by atoms with Gasteiger partial charge in [-0.25, -0.2) is 0 Å². The van der Waals surface area contributed by atoms with Crippen molar-refractivity contribution < 1.29 is 22.8 Å². The zero-order valence-corrected chi connectivity index (χ0v) is 16.0. The van der Waals surface area contributed by atoms with Gasteiger partial charge in [0, 0.05) is 37.6 Å². The summed E-state index contributed by atoms with van der Waals surface area (Å²) in [6, 6.07) is 5.01. The molecule has 5 nitrogen and oxygen atoms in total. The van der Waals surface area contributed by atoms with Crippen LogP contribution in [0, 0.1) is 5.92 Å². The number of carbonyl (C=O) groups excluding carboxylic acids is 2. The molecular weight excluding hydrogens is 383 g/mol. The lowest BCUT2D eigenvalue weighted by atomic mass is 10.1. The molecule has 0 saturated carbocycles. The molecule has 1 aliphatic heterocycles. The zero-order valence-electron chi connectivity index (χ0n) is 15.3. The van der Waals surface area contributed by atoms with Gasteiger partial charge in [-0.05, 0) is 30.5 Å². The zero-order chi connectivity index (χ0) is 20.2. The van der Waals surface area contributed by atoms with Crippen LogP contribution in [0.3, 0.4) is 0 Å². The maximum absolute atomic E-state index is 12.6. The van der Waals surface area contributed by atoms with Gasteiger partial charge in [-0.2, -0.15) is 13.2 Å². The normalized spacial score (nSPS) is 15.2. The molecule has 0 atom stereocenters. The minimum Gasteiger partial charge on any atom is -0.366 e. The van der Waals surface area contributed by atoms with Crippen molar-refractivity contribution in [2.45, 2.75) is 32.9 Å². The standard InChI is InChI=1S/C18H23ClF3N3O2/c1-12(2)3-6-16(26)23-14-11-13(19)4-5-15(14)24-7-9-25(10-8-24)17(27)18(20,21)22/h4-5,11-12H,3,6-10H2,1-2H3,(H,23,26). The van der Waals surface area contributed by atoms with Gasteiger partial charge in [0.2, 0.25) is 5.91 Å². The average Bonchev–Trinajstić information content (AvgIpc) is 2.59. The summed E-state index contributed by atoms with van der Waals surface area (Å²) in [4.78, 5) is 26.2. The lowest BCUT2D eigenvalue weighted by molar-refractivity contribution is -0.185. The summed E-state index contributed by atoms with van der Waals surface area (Å²) < 4.78 is 37.7. The van der Waals surface area contributed by atoms with Gasteiger partial charge in [0.15, 0.2) is 0 Å². The molecule has 9 heteroatoms. The van der Waals surface area contributed by atoms with Crippen molar-refractivity contribution in [1.29, 1.82) is 0 Å². The number of hydrogen-bond donors (Lipinski definition) is 1. The maximum Gasteiger partial charge on any atom is 0.471 e. The highest BCUT2D eigenvalue weighted by atomic mass is 35.5. The van der Waals surface area contributed by atoms with Gasteiger partial charge in [-0.1, -0.05) is 25.4 Å². The van der Waals surface area contributed by atoms with Crippen molar-refractivity contribution >= 4 is 34.8 Å². The molecule has 1 aromatic rings. The monoisotopic (exact) mass is 405 g/mol. The number of nitrogens with one attached hydrogen (secondary N) is 1. The molecule has 1 heterocycles. The predicted octanol–water partition coefficient (Wildman–Crippen LogP) is 3.93. The highest BCUT2D eigenvalue weighted by Gasteiger charge is 2.43. The molecule has 1 saturated heterocycles. The van der Waals surface area contributed by atoms with Crippen molar-refractivity contribution in [2.24, 2.45) is 5.92 Å². The topological polar surface area (TPSA) is 52.7 Å². The lowest BCUT2D eigenvalue weighted by Gasteiger charge is -2.37. The molecule has 0 spiro atoms. The van der Waals surface area contributed by atoms with Gasteiger partial charge < -0.3 is 15.1 Å². The number of piperazine rings is 1. The fraction of sp³-hybridized carbons (Fsp3) is 0.556. The van der Waals surface area contributed by atoms with Gasteiger partial charge in [-0.3, -0.25) is 9.59 Å². The summed E-state index contributed by atoms with van der Waals surface area (Å²) in [5.74, 6) is -1.56. The Morgan fingerprint density at radius 1 is 1.19 bits per heavy atom. The molecule has 0 radical (unpaired) electrons. The number of amides is 2. The number of benzene rings is 1. The van der Waals surface area contributed by atoms with Crippen LogP contribution in [-0.2, 0) is 9.59 Å². The van der Waals surface area contributed by atoms with Crippen molar-refractivity contribution in [2.75, 3.05) is 36.4 Å². The summed E-state index contributed by atoms with van der Waals surface area (Å²) in [6.07, 6.45) is -3.74. The first-order chi connectivity index (χ1) is 12.6. The number of carbonyl (C=O) groups is 2. The Kier molecular flexibility index (Phi) is 6.97. The minimum absolute atomic E-state index is 0.0400. The number of nitrogens with zero attached hydrogens (tertiary/aromatic N) is 2. The molecule has 1 fully saturated rings. The second-order valence-corrected chi connectivity index (χ2v) is 7.36. The highest BCUT2D eigenvalue weighted by molar-refractivity contribution is 6.31. The van der Waals surface area contributed by atoms with E-state index in [4.69, 9.17) is 11.6 Å². The van der Waals surface area contributed by atoms with Crippen LogP contribution in [0.25, 0.3) is 0 Å². The Morgan fingerprint density at radius 3 is 2.37 bits per heavy atom. The summed E-state index contributed by atoms with van der Waals surface area (Å²) >= 11 is 6.03. The maximum atomic E-state index is 12.6. The molecule has 0 bridgehead atoms. The molecule has 150 valence electrons. The molecule has 2 rings (SSSR count). The molecule has 0 aromatic heterocycles. The van der Waals surface area contributed by atoms with Crippen molar-refractivity contribution in [3.63, 3.8) is 0 Å². The number of hydrogen-bond acceptors (Lipinski definition) is 3. The van der Waals surface area contributed by atoms with E-state index in [0.717, 1.165) is 11.3 Å². The van der Waals surface area contributed by atoms with Crippen LogP contribution < -0.4 is 10.2 Å². The fourth-order valence-corrected chi connectivity index (χ4v) is 3.02. The highest BCUT2D eigenvalue weighted by Crippen LogP contribution is 2.31. The molecule has 0 aliphatic carbocycles. The third-order valence-corrected chi connectivity index (χ3v) is 4.57. The molecule has 27 heavy (non-hydrogen) atoms. The first kappa shape index (κ1) is 21.3. The predicted molar refractivity (Wildman–Crippen MR) is 99.0 cm³/mol. The van der Waals surface area contributed by atoms with Crippen molar-refractivity contribution in [3.8, 4) is 0 Å². The molecule has 2 amide bonds.